The molecule has 1 heterocycles. The van der Waals surface area contributed by atoms with Crippen molar-refractivity contribution in [2.45, 2.75) is 44.0 Å². The maximum Gasteiger partial charge on any atom is 0.168 e. The van der Waals surface area contributed by atoms with Gasteiger partial charge >= 0.3 is 0 Å². The zero-order chi connectivity index (χ0) is 16.2. The first-order chi connectivity index (χ1) is 11.8. The van der Waals surface area contributed by atoms with Crippen molar-refractivity contribution in [3.63, 3.8) is 0 Å². The largest absolute Gasteiger partial charge is 0.489 e. The molecule has 126 valence electrons. The minimum absolute atomic E-state index is 0.295. The number of para-hydroxylation sites is 1. The van der Waals surface area contributed by atoms with E-state index in [0.717, 1.165) is 44.6 Å². The summed E-state index contributed by atoms with van der Waals surface area (Å²) in [4.78, 5) is 0. The highest BCUT2D eigenvalue weighted by Gasteiger charge is 2.40. The van der Waals surface area contributed by atoms with E-state index >= 15 is 0 Å². The normalized spacial score (nSPS) is 20.3. The van der Waals surface area contributed by atoms with Gasteiger partial charge in [0.15, 0.2) is 5.79 Å². The van der Waals surface area contributed by atoms with Crippen LogP contribution in [0.15, 0.2) is 54.6 Å². The van der Waals surface area contributed by atoms with Crippen LogP contribution in [0.2, 0.25) is 0 Å². The average molecular weight is 324 g/mol. The van der Waals surface area contributed by atoms with Gasteiger partial charge < -0.3 is 14.2 Å². The summed E-state index contributed by atoms with van der Waals surface area (Å²) in [6.07, 6.45) is 4.13. The van der Waals surface area contributed by atoms with Crippen LogP contribution in [0.1, 0.15) is 42.7 Å². The molecule has 2 aliphatic rings. The van der Waals surface area contributed by atoms with Gasteiger partial charge in [-0.15, -0.1) is 0 Å². The van der Waals surface area contributed by atoms with E-state index in [1.165, 1.54) is 11.1 Å². The van der Waals surface area contributed by atoms with Gasteiger partial charge in [0, 0.05) is 12.8 Å². The van der Waals surface area contributed by atoms with Crippen LogP contribution in [0.25, 0.3) is 0 Å². The number of rotatable bonds is 4. The summed E-state index contributed by atoms with van der Waals surface area (Å²) in [5.41, 5.74) is 2.52. The Hall–Kier alpha value is -1.84. The number of hydrogen-bond donors (Lipinski definition) is 0. The second-order valence-electron chi connectivity index (χ2n) is 6.69. The van der Waals surface area contributed by atoms with Crippen molar-refractivity contribution in [3.05, 3.63) is 65.7 Å². The van der Waals surface area contributed by atoms with Gasteiger partial charge in [0.2, 0.25) is 0 Å². The van der Waals surface area contributed by atoms with Gasteiger partial charge in [-0.1, -0.05) is 48.5 Å². The van der Waals surface area contributed by atoms with Gasteiger partial charge in [-0.3, -0.25) is 0 Å². The lowest BCUT2D eigenvalue weighted by Crippen LogP contribution is -2.34. The molecule has 1 spiro atoms. The lowest BCUT2D eigenvalue weighted by molar-refractivity contribution is -0.178. The topological polar surface area (TPSA) is 27.7 Å². The van der Waals surface area contributed by atoms with Crippen LogP contribution < -0.4 is 4.74 Å². The molecular formula is C21H24O3. The third-order valence-corrected chi connectivity index (χ3v) is 5.16. The Morgan fingerprint density at radius 3 is 2.29 bits per heavy atom. The Kier molecular flexibility index (Phi) is 4.54. The van der Waals surface area contributed by atoms with Crippen molar-refractivity contribution in [1.29, 1.82) is 0 Å². The molecule has 2 aromatic carbocycles. The summed E-state index contributed by atoms with van der Waals surface area (Å²) < 4.78 is 17.8. The molecule has 2 fully saturated rings. The molecule has 1 saturated carbocycles. The van der Waals surface area contributed by atoms with E-state index < -0.39 is 0 Å². The first-order valence-electron chi connectivity index (χ1n) is 8.88. The molecule has 2 aromatic rings. The molecule has 0 radical (unpaired) electrons. The summed E-state index contributed by atoms with van der Waals surface area (Å²) >= 11 is 0. The van der Waals surface area contributed by atoms with Crippen molar-refractivity contribution in [2.24, 2.45) is 0 Å². The molecular weight excluding hydrogens is 300 g/mol. The predicted molar refractivity (Wildman–Crippen MR) is 93.1 cm³/mol. The van der Waals surface area contributed by atoms with E-state index in [-0.39, 0.29) is 5.79 Å². The van der Waals surface area contributed by atoms with Crippen molar-refractivity contribution < 1.29 is 14.2 Å². The highest BCUT2D eigenvalue weighted by molar-refractivity contribution is 5.37. The van der Waals surface area contributed by atoms with Gasteiger partial charge in [-0.2, -0.15) is 0 Å². The average Bonchev–Trinajstić information content (AvgIpc) is 3.10. The molecule has 0 bridgehead atoms. The van der Waals surface area contributed by atoms with E-state index in [0.29, 0.717) is 12.5 Å². The number of hydrogen-bond acceptors (Lipinski definition) is 3. The van der Waals surface area contributed by atoms with Crippen LogP contribution in [0.4, 0.5) is 0 Å². The summed E-state index contributed by atoms with van der Waals surface area (Å²) in [5.74, 6) is 1.24. The molecule has 0 unspecified atom stereocenters. The minimum Gasteiger partial charge on any atom is -0.489 e. The highest BCUT2D eigenvalue weighted by Crippen LogP contribution is 2.44. The van der Waals surface area contributed by atoms with E-state index in [9.17, 15) is 0 Å². The minimum atomic E-state index is -0.295. The zero-order valence-corrected chi connectivity index (χ0v) is 13.9. The summed E-state index contributed by atoms with van der Waals surface area (Å²) in [5, 5.41) is 0. The third-order valence-electron chi connectivity index (χ3n) is 5.16. The van der Waals surface area contributed by atoms with E-state index in [2.05, 4.69) is 36.4 Å². The summed E-state index contributed by atoms with van der Waals surface area (Å²) in [6.45, 7) is 2.09. The Balaban J connectivity index is 1.44. The summed E-state index contributed by atoms with van der Waals surface area (Å²) in [6, 6.07) is 18.8. The van der Waals surface area contributed by atoms with E-state index in [1.54, 1.807) is 0 Å². The molecule has 3 nitrogen and oxygen atoms in total. The first-order valence-corrected chi connectivity index (χ1v) is 8.88. The van der Waals surface area contributed by atoms with Crippen LogP contribution in [-0.2, 0) is 16.1 Å². The van der Waals surface area contributed by atoms with Crippen molar-refractivity contribution >= 4 is 0 Å². The molecule has 0 aromatic heterocycles. The fourth-order valence-corrected chi connectivity index (χ4v) is 3.84. The molecule has 4 rings (SSSR count). The lowest BCUT2D eigenvalue weighted by Gasteiger charge is -2.35. The maximum absolute atomic E-state index is 6.13. The van der Waals surface area contributed by atoms with Crippen LogP contribution in [0, 0.1) is 0 Å². The number of benzene rings is 2. The molecule has 24 heavy (non-hydrogen) atoms. The van der Waals surface area contributed by atoms with Crippen LogP contribution >= 0.6 is 0 Å². The van der Waals surface area contributed by atoms with Crippen LogP contribution in [-0.4, -0.2) is 19.0 Å². The van der Waals surface area contributed by atoms with Crippen molar-refractivity contribution in [2.75, 3.05) is 13.2 Å². The highest BCUT2D eigenvalue weighted by atomic mass is 16.7. The van der Waals surface area contributed by atoms with Crippen LogP contribution in [0.3, 0.4) is 0 Å². The fraction of sp³-hybridized carbons (Fsp3) is 0.429. The van der Waals surface area contributed by atoms with Gasteiger partial charge in [-0.05, 0) is 36.0 Å². The molecule has 1 saturated heterocycles. The Bertz CT molecular complexity index is 652. The van der Waals surface area contributed by atoms with Gasteiger partial charge in [0.05, 0.1) is 13.2 Å². The van der Waals surface area contributed by atoms with E-state index in [1.807, 2.05) is 18.2 Å². The molecule has 3 heteroatoms. The second kappa shape index (κ2) is 6.96. The van der Waals surface area contributed by atoms with Crippen LogP contribution in [0.5, 0.6) is 5.75 Å². The molecule has 0 N–H and O–H groups in total. The molecule has 0 atom stereocenters. The Labute approximate surface area is 143 Å². The lowest BCUT2D eigenvalue weighted by atomic mass is 9.80. The maximum atomic E-state index is 6.13. The Morgan fingerprint density at radius 2 is 1.54 bits per heavy atom. The van der Waals surface area contributed by atoms with Crippen molar-refractivity contribution in [3.8, 4) is 5.75 Å². The second-order valence-corrected chi connectivity index (χ2v) is 6.69. The molecule has 1 aliphatic heterocycles. The SMILES string of the molecule is c1ccc(COc2ccccc2C2CCC3(CC2)OCCO3)cc1. The quantitative estimate of drug-likeness (QED) is 0.818. The smallest absolute Gasteiger partial charge is 0.168 e. The van der Waals surface area contributed by atoms with Crippen molar-refractivity contribution in [1.82, 2.24) is 0 Å². The van der Waals surface area contributed by atoms with Gasteiger partial charge in [0.25, 0.3) is 0 Å². The first kappa shape index (κ1) is 15.7. The van der Waals surface area contributed by atoms with Gasteiger partial charge in [-0.25, -0.2) is 0 Å². The zero-order valence-electron chi connectivity index (χ0n) is 13.9. The predicted octanol–water partition coefficient (Wildman–Crippen LogP) is 4.67. The molecule has 1 aliphatic carbocycles. The number of ether oxygens (including phenoxy) is 3. The standard InChI is InChI=1S/C21H24O3/c1-2-6-17(7-3-1)16-22-20-9-5-4-8-19(20)18-10-12-21(13-11-18)23-14-15-24-21/h1-9,18H,10-16H2. The monoisotopic (exact) mass is 324 g/mol. The molecule has 0 amide bonds. The Morgan fingerprint density at radius 1 is 0.875 bits per heavy atom. The van der Waals surface area contributed by atoms with E-state index in [4.69, 9.17) is 14.2 Å². The van der Waals surface area contributed by atoms with Gasteiger partial charge in [0.1, 0.15) is 12.4 Å². The summed E-state index contributed by atoms with van der Waals surface area (Å²) in [7, 11) is 0. The fourth-order valence-electron chi connectivity index (χ4n) is 3.84. The third kappa shape index (κ3) is 3.33.